The Kier molecular flexibility index (Phi) is 5.50. The summed E-state index contributed by atoms with van der Waals surface area (Å²) in [5, 5.41) is 11.4. The quantitative estimate of drug-likeness (QED) is 0.690. The number of hydrogen-bond acceptors (Lipinski definition) is 5. The highest BCUT2D eigenvalue weighted by molar-refractivity contribution is 5.77. The number of anilines is 1. The molecule has 1 saturated heterocycles. The molecule has 2 heterocycles. The summed E-state index contributed by atoms with van der Waals surface area (Å²) in [5.74, 6) is -0.0220. The molecule has 29 heavy (non-hydrogen) atoms. The molecule has 2 aromatic carbocycles. The van der Waals surface area contributed by atoms with Gasteiger partial charge in [-0.3, -0.25) is 9.59 Å². The summed E-state index contributed by atoms with van der Waals surface area (Å²) < 4.78 is 14.3. The summed E-state index contributed by atoms with van der Waals surface area (Å²) in [7, 11) is 0. The lowest BCUT2D eigenvalue weighted by Gasteiger charge is -2.18. The average molecular weight is 395 g/mol. The minimum absolute atomic E-state index is 0.118. The number of aromatic nitrogens is 3. The number of nitrogens with one attached hydrogen (secondary N) is 1. The molecular weight excluding hydrogens is 373 g/mol. The van der Waals surface area contributed by atoms with E-state index in [2.05, 4.69) is 20.5 Å². The van der Waals surface area contributed by atoms with E-state index in [1.807, 2.05) is 0 Å². The number of amides is 1. The van der Waals surface area contributed by atoms with Gasteiger partial charge in [0.2, 0.25) is 5.91 Å². The maximum absolute atomic E-state index is 13.1. The van der Waals surface area contributed by atoms with Crippen molar-refractivity contribution in [1.29, 1.82) is 0 Å². The number of fused-ring (bicyclic) bond motifs is 1. The lowest BCUT2D eigenvalue weighted by atomic mass is 10.1. The van der Waals surface area contributed by atoms with Gasteiger partial charge in [0, 0.05) is 31.7 Å². The van der Waals surface area contributed by atoms with Gasteiger partial charge < -0.3 is 10.2 Å². The maximum Gasteiger partial charge on any atom is 0.277 e. The lowest BCUT2D eigenvalue weighted by molar-refractivity contribution is -0.121. The summed E-state index contributed by atoms with van der Waals surface area (Å²) in [4.78, 5) is 26.8. The number of carbonyl (C=O) groups excluding carboxylic acids is 1. The number of hydrogen-bond donors (Lipinski definition) is 1. The van der Waals surface area contributed by atoms with Gasteiger partial charge in [-0.2, -0.15) is 0 Å². The van der Waals surface area contributed by atoms with E-state index in [1.54, 1.807) is 36.4 Å². The number of rotatable bonds is 6. The zero-order valence-corrected chi connectivity index (χ0v) is 15.9. The van der Waals surface area contributed by atoms with Gasteiger partial charge >= 0.3 is 0 Å². The van der Waals surface area contributed by atoms with Crippen molar-refractivity contribution in [3.8, 4) is 0 Å². The van der Waals surface area contributed by atoms with E-state index in [0.29, 0.717) is 23.4 Å². The Balaban J connectivity index is 1.26. The van der Waals surface area contributed by atoms with Crippen LogP contribution in [0.15, 0.2) is 53.3 Å². The van der Waals surface area contributed by atoms with Crippen molar-refractivity contribution in [2.45, 2.75) is 19.4 Å². The fourth-order valence-electron chi connectivity index (χ4n) is 3.61. The fraction of sp³-hybridized carbons (Fsp3) is 0.333. The predicted molar refractivity (Wildman–Crippen MR) is 108 cm³/mol. The molecule has 4 rings (SSSR count). The molecule has 0 spiro atoms. The second-order valence-electron chi connectivity index (χ2n) is 7.27. The summed E-state index contributed by atoms with van der Waals surface area (Å²) in [6, 6.07) is 13.5. The van der Waals surface area contributed by atoms with Gasteiger partial charge in [0.15, 0.2) is 0 Å². The van der Waals surface area contributed by atoms with Crippen molar-refractivity contribution in [1.82, 2.24) is 20.3 Å². The average Bonchev–Trinajstić information content (AvgIpc) is 3.21. The Morgan fingerprint density at radius 2 is 1.97 bits per heavy atom. The molecule has 1 aromatic heterocycles. The molecule has 0 bridgehead atoms. The van der Waals surface area contributed by atoms with E-state index in [-0.39, 0.29) is 30.2 Å². The molecule has 1 atom stereocenters. The largest absolute Gasteiger partial charge is 0.371 e. The van der Waals surface area contributed by atoms with Gasteiger partial charge in [0.05, 0.1) is 11.9 Å². The summed E-state index contributed by atoms with van der Waals surface area (Å²) in [6.45, 7) is 2.47. The minimum atomic E-state index is -0.244. The van der Waals surface area contributed by atoms with Gasteiger partial charge in [-0.05, 0) is 48.7 Å². The van der Waals surface area contributed by atoms with Crippen molar-refractivity contribution in [2.75, 3.05) is 24.5 Å². The Hall–Kier alpha value is -3.29. The van der Waals surface area contributed by atoms with Crippen LogP contribution in [0.4, 0.5) is 10.1 Å². The van der Waals surface area contributed by atoms with Crippen LogP contribution in [0.25, 0.3) is 10.9 Å². The highest BCUT2D eigenvalue weighted by atomic mass is 19.1. The van der Waals surface area contributed by atoms with E-state index in [4.69, 9.17) is 0 Å². The van der Waals surface area contributed by atoms with Crippen LogP contribution < -0.4 is 15.8 Å². The topological polar surface area (TPSA) is 80.1 Å². The van der Waals surface area contributed by atoms with Crippen LogP contribution in [-0.2, 0) is 11.3 Å². The lowest BCUT2D eigenvalue weighted by Crippen LogP contribution is -2.33. The van der Waals surface area contributed by atoms with Gasteiger partial charge in [-0.15, -0.1) is 5.10 Å². The maximum atomic E-state index is 13.1. The van der Waals surface area contributed by atoms with E-state index < -0.39 is 0 Å². The molecule has 1 N–H and O–H groups in total. The van der Waals surface area contributed by atoms with Gasteiger partial charge in [0.1, 0.15) is 11.3 Å². The zero-order valence-electron chi connectivity index (χ0n) is 15.9. The molecular formula is C21H22FN5O2. The van der Waals surface area contributed by atoms with Gasteiger partial charge in [0.25, 0.3) is 5.56 Å². The minimum Gasteiger partial charge on any atom is -0.371 e. The molecule has 7 nitrogen and oxygen atoms in total. The molecule has 0 aliphatic carbocycles. The van der Waals surface area contributed by atoms with E-state index >= 15 is 0 Å². The fourth-order valence-corrected chi connectivity index (χ4v) is 3.61. The van der Waals surface area contributed by atoms with Crippen LogP contribution >= 0.6 is 0 Å². The molecule has 3 aromatic rings. The highest BCUT2D eigenvalue weighted by Crippen LogP contribution is 2.23. The summed E-state index contributed by atoms with van der Waals surface area (Å²) >= 11 is 0. The van der Waals surface area contributed by atoms with Crippen molar-refractivity contribution in [3.05, 3.63) is 64.7 Å². The van der Waals surface area contributed by atoms with Crippen LogP contribution in [-0.4, -0.2) is 40.5 Å². The van der Waals surface area contributed by atoms with Gasteiger partial charge in [-0.25, -0.2) is 9.07 Å². The van der Waals surface area contributed by atoms with Crippen LogP contribution in [0.1, 0.15) is 12.8 Å². The van der Waals surface area contributed by atoms with E-state index in [0.717, 1.165) is 25.2 Å². The SMILES string of the molecule is O=C(CCn1nnc2ccccc2c1=O)NCC1CCN(c2ccc(F)cc2)C1. The number of carbonyl (C=O) groups is 1. The summed E-state index contributed by atoms with van der Waals surface area (Å²) in [6.07, 6.45) is 1.13. The van der Waals surface area contributed by atoms with Crippen LogP contribution in [0.5, 0.6) is 0 Å². The monoisotopic (exact) mass is 395 g/mol. The third-order valence-corrected chi connectivity index (χ3v) is 5.25. The van der Waals surface area contributed by atoms with Crippen LogP contribution in [0.3, 0.4) is 0 Å². The third kappa shape index (κ3) is 4.42. The van der Waals surface area contributed by atoms with Crippen LogP contribution in [0, 0.1) is 11.7 Å². The van der Waals surface area contributed by atoms with E-state index in [1.165, 1.54) is 16.8 Å². The zero-order chi connectivity index (χ0) is 20.2. The number of benzene rings is 2. The molecule has 1 amide bonds. The van der Waals surface area contributed by atoms with Crippen molar-refractivity contribution in [2.24, 2.45) is 5.92 Å². The molecule has 1 fully saturated rings. The number of aryl methyl sites for hydroxylation is 1. The Morgan fingerprint density at radius 1 is 1.17 bits per heavy atom. The Bertz CT molecular complexity index is 1070. The van der Waals surface area contributed by atoms with Crippen molar-refractivity contribution >= 4 is 22.5 Å². The summed E-state index contributed by atoms with van der Waals surface area (Å²) in [5.41, 5.74) is 1.30. The first kappa shape index (κ1) is 19.0. The van der Waals surface area contributed by atoms with Gasteiger partial charge in [-0.1, -0.05) is 17.3 Å². The standard InChI is InChI=1S/C21H22FN5O2/c22-16-5-7-17(8-6-16)26-11-9-15(14-26)13-23-20(28)10-12-27-21(29)18-3-1-2-4-19(18)24-25-27/h1-8,15H,9-14H2,(H,23,28). The predicted octanol–water partition coefficient (Wildman–Crippen LogP) is 1.96. The Labute approximate surface area is 167 Å². The second-order valence-corrected chi connectivity index (χ2v) is 7.27. The smallest absolute Gasteiger partial charge is 0.277 e. The number of nitrogens with zero attached hydrogens (tertiary/aromatic N) is 4. The molecule has 1 aliphatic heterocycles. The molecule has 1 unspecified atom stereocenters. The van der Waals surface area contributed by atoms with Crippen molar-refractivity contribution < 1.29 is 9.18 Å². The molecule has 0 radical (unpaired) electrons. The molecule has 150 valence electrons. The molecule has 1 aliphatic rings. The normalized spacial score (nSPS) is 16.3. The van der Waals surface area contributed by atoms with Crippen molar-refractivity contribution in [3.63, 3.8) is 0 Å². The third-order valence-electron chi connectivity index (χ3n) is 5.25. The first-order valence-corrected chi connectivity index (χ1v) is 9.70. The van der Waals surface area contributed by atoms with Crippen LogP contribution in [0.2, 0.25) is 0 Å². The Morgan fingerprint density at radius 3 is 2.79 bits per heavy atom. The number of halogens is 1. The van der Waals surface area contributed by atoms with E-state index in [9.17, 15) is 14.0 Å². The molecule has 8 heteroatoms. The first-order valence-electron chi connectivity index (χ1n) is 9.70. The second kappa shape index (κ2) is 8.38. The molecule has 0 saturated carbocycles. The highest BCUT2D eigenvalue weighted by Gasteiger charge is 2.23. The first-order chi connectivity index (χ1) is 14.1.